The summed E-state index contributed by atoms with van der Waals surface area (Å²) in [4.78, 5) is 13.1. The van der Waals surface area contributed by atoms with E-state index in [1.54, 1.807) is 17.4 Å². The van der Waals surface area contributed by atoms with Gasteiger partial charge in [0.25, 0.3) is 0 Å². The van der Waals surface area contributed by atoms with Crippen LogP contribution in [0.25, 0.3) is 6.08 Å². The van der Waals surface area contributed by atoms with E-state index in [0.29, 0.717) is 5.92 Å². The summed E-state index contributed by atoms with van der Waals surface area (Å²) in [5.41, 5.74) is 2.09. The van der Waals surface area contributed by atoms with Crippen molar-refractivity contribution in [3.63, 3.8) is 0 Å². The van der Waals surface area contributed by atoms with Crippen molar-refractivity contribution in [3.05, 3.63) is 58.3 Å². The fourth-order valence-corrected chi connectivity index (χ4v) is 2.60. The Labute approximate surface area is 124 Å². The first-order valence-corrected chi connectivity index (χ1v) is 7.70. The molecule has 0 aliphatic rings. The molecule has 0 radical (unpaired) electrons. The van der Waals surface area contributed by atoms with E-state index in [2.05, 4.69) is 25.2 Å². The number of carbonyl (C=O) groups excluding carboxylic acids is 1. The molecule has 0 bridgehead atoms. The molecule has 1 heterocycles. The molecule has 1 aromatic carbocycles. The van der Waals surface area contributed by atoms with Crippen molar-refractivity contribution in [1.82, 2.24) is 0 Å². The van der Waals surface area contributed by atoms with Crippen LogP contribution in [0.3, 0.4) is 0 Å². The minimum absolute atomic E-state index is 0.0887. The Kier molecular flexibility index (Phi) is 5.13. The summed E-state index contributed by atoms with van der Waals surface area (Å²) in [5.74, 6) is 0.349. The van der Waals surface area contributed by atoms with Crippen LogP contribution >= 0.6 is 11.3 Å². The van der Waals surface area contributed by atoms with Gasteiger partial charge in [-0.1, -0.05) is 38.1 Å². The first-order chi connectivity index (χ1) is 9.70. The topological polar surface area (TPSA) is 29.1 Å². The second-order valence-corrected chi connectivity index (χ2v) is 5.71. The van der Waals surface area contributed by atoms with E-state index in [1.807, 2.05) is 41.8 Å². The number of hydrogen-bond donors (Lipinski definition) is 1. The van der Waals surface area contributed by atoms with E-state index in [0.717, 1.165) is 17.0 Å². The predicted molar refractivity (Wildman–Crippen MR) is 87.1 cm³/mol. The zero-order valence-corrected chi connectivity index (χ0v) is 12.6. The molecule has 1 atom stereocenters. The Morgan fingerprint density at radius 3 is 2.80 bits per heavy atom. The molecule has 1 N–H and O–H groups in total. The van der Waals surface area contributed by atoms with E-state index in [4.69, 9.17) is 0 Å². The Morgan fingerprint density at radius 1 is 1.30 bits per heavy atom. The number of amides is 1. The average molecular weight is 285 g/mol. The van der Waals surface area contributed by atoms with E-state index in [-0.39, 0.29) is 5.91 Å². The van der Waals surface area contributed by atoms with Crippen LogP contribution in [0, 0.1) is 0 Å². The minimum Gasteiger partial charge on any atom is -0.322 e. The predicted octanol–water partition coefficient (Wildman–Crippen LogP) is 4.91. The lowest BCUT2D eigenvalue weighted by atomic mass is 9.97. The fraction of sp³-hybridized carbons (Fsp3) is 0.235. The molecule has 0 aliphatic carbocycles. The Hall–Kier alpha value is -1.87. The van der Waals surface area contributed by atoms with Gasteiger partial charge in [-0.15, -0.1) is 11.3 Å². The monoisotopic (exact) mass is 285 g/mol. The van der Waals surface area contributed by atoms with Gasteiger partial charge in [-0.3, -0.25) is 4.79 Å². The molecule has 2 nitrogen and oxygen atoms in total. The highest BCUT2D eigenvalue weighted by Gasteiger charge is 2.09. The third kappa shape index (κ3) is 3.81. The van der Waals surface area contributed by atoms with Crippen LogP contribution in [0.2, 0.25) is 0 Å². The van der Waals surface area contributed by atoms with E-state index >= 15 is 0 Å². The van der Waals surface area contributed by atoms with Crippen LogP contribution < -0.4 is 5.32 Å². The first-order valence-electron chi connectivity index (χ1n) is 6.82. The van der Waals surface area contributed by atoms with Crippen LogP contribution in [-0.4, -0.2) is 5.91 Å². The number of para-hydroxylation sites is 1. The largest absolute Gasteiger partial charge is 0.322 e. The third-order valence-electron chi connectivity index (χ3n) is 3.30. The van der Waals surface area contributed by atoms with Crippen LogP contribution in [-0.2, 0) is 4.79 Å². The van der Waals surface area contributed by atoms with Crippen molar-refractivity contribution in [1.29, 1.82) is 0 Å². The second kappa shape index (κ2) is 7.06. The SMILES string of the molecule is CC[C@@H](C)c1ccccc1NC(=O)/C=C/c1cccs1. The zero-order valence-electron chi connectivity index (χ0n) is 11.8. The van der Waals surface area contributed by atoms with Gasteiger partial charge in [-0.25, -0.2) is 0 Å². The van der Waals surface area contributed by atoms with Gasteiger partial charge in [-0.05, 0) is 41.5 Å². The Morgan fingerprint density at radius 2 is 2.10 bits per heavy atom. The molecule has 0 fully saturated rings. The normalized spacial score (nSPS) is 12.5. The quantitative estimate of drug-likeness (QED) is 0.777. The summed E-state index contributed by atoms with van der Waals surface area (Å²) < 4.78 is 0. The van der Waals surface area contributed by atoms with Crippen molar-refractivity contribution in [2.75, 3.05) is 5.32 Å². The summed E-state index contributed by atoms with van der Waals surface area (Å²) >= 11 is 1.62. The number of benzene rings is 1. The highest BCUT2D eigenvalue weighted by Crippen LogP contribution is 2.26. The maximum absolute atomic E-state index is 12.0. The van der Waals surface area contributed by atoms with E-state index < -0.39 is 0 Å². The molecule has 1 amide bonds. The van der Waals surface area contributed by atoms with Crippen LogP contribution in [0.1, 0.15) is 36.6 Å². The van der Waals surface area contributed by atoms with Crippen molar-refractivity contribution in [2.24, 2.45) is 0 Å². The van der Waals surface area contributed by atoms with Gasteiger partial charge in [0, 0.05) is 16.6 Å². The molecule has 1 aromatic heterocycles. The lowest BCUT2D eigenvalue weighted by Gasteiger charge is -2.14. The van der Waals surface area contributed by atoms with Gasteiger partial charge in [0.1, 0.15) is 0 Å². The molecule has 0 spiro atoms. The first kappa shape index (κ1) is 14.5. The van der Waals surface area contributed by atoms with E-state index in [1.165, 1.54) is 5.56 Å². The molecule has 2 aromatic rings. The molecule has 3 heteroatoms. The average Bonchev–Trinajstić information content (AvgIpc) is 2.98. The highest BCUT2D eigenvalue weighted by molar-refractivity contribution is 7.10. The summed E-state index contributed by atoms with van der Waals surface area (Å²) in [6.07, 6.45) is 4.48. The van der Waals surface area contributed by atoms with Crippen molar-refractivity contribution >= 4 is 29.0 Å². The highest BCUT2D eigenvalue weighted by atomic mass is 32.1. The van der Waals surface area contributed by atoms with Gasteiger partial charge >= 0.3 is 0 Å². The molecular formula is C17H19NOS. The molecule has 104 valence electrons. The van der Waals surface area contributed by atoms with Crippen LogP contribution in [0.4, 0.5) is 5.69 Å². The van der Waals surface area contributed by atoms with Crippen molar-refractivity contribution in [2.45, 2.75) is 26.2 Å². The minimum atomic E-state index is -0.0887. The molecular weight excluding hydrogens is 266 g/mol. The second-order valence-electron chi connectivity index (χ2n) is 4.73. The smallest absolute Gasteiger partial charge is 0.248 e. The fourth-order valence-electron chi connectivity index (χ4n) is 1.98. The van der Waals surface area contributed by atoms with Crippen LogP contribution in [0.5, 0.6) is 0 Å². The maximum Gasteiger partial charge on any atom is 0.248 e. The maximum atomic E-state index is 12.0. The lowest BCUT2D eigenvalue weighted by molar-refractivity contribution is -0.111. The number of carbonyl (C=O) groups is 1. The van der Waals surface area contributed by atoms with Gasteiger partial charge < -0.3 is 5.32 Å². The summed E-state index contributed by atoms with van der Waals surface area (Å²) in [7, 11) is 0. The van der Waals surface area contributed by atoms with Gasteiger partial charge in [0.05, 0.1) is 0 Å². The molecule has 0 saturated heterocycles. The number of thiophene rings is 1. The van der Waals surface area contributed by atoms with Crippen molar-refractivity contribution in [3.8, 4) is 0 Å². The van der Waals surface area contributed by atoms with Gasteiger partial charge in [0.15, 0.2) is 0 Å². The van der Waals surface area contributed by atoms with Gasteiger partial charge in [0.2, 0.25) is 5.91 Å². The number of rotatable bonds is 5. The van der Waals surface area contributed by atoms with E-state index in [9.17, 15) is 4.79 Å². The number of anilines is 1. The molecule has 0 unspecified atom stereocenters. The van der Waals surface area contributed by atoms with Crippen LogP contribution in [0.15, 0.2) is 47.9 Å². The number of nitrogens with one attached hydrogen (secondary N) is 1. The summed E-state index contributed by atoms with van der Waals surface area (Å²) in [6.45, 7) is 4.33. The molecule has 2 rings (SSSR count). The molecule has 0 saturated carbocycles. The Bertz CT molecular complexity index is 587. The number of hydrogen-bond acceptors (Lipinski definition) is 2. The zero-order chi connectivity index (χ0) is 14.4. The Balaban J connectivity index is 2.08. The van der Waals surface area contributed by atoms with Crippen molar-refractivity contribution < 1.29 is 4.79 Å². The standard InChI is InChI=1S/C17H19NOS/c1-3-13(2)15-8-4-5-9-16(15)18-17(19)11-10-14-7-6-12-20-14/h4-13H,3H2,1-2H3,(H,18,19)/b11-10+/t13-/m1/s1. The summed E-state index contributed by atoms with van der Waals surface area (Å²) in [6, 6.07) is 12.0. The summed E-state index contributed by atoms with van der Waals surface area (Å²) in [5, 5.41) is 4.96. The molecule has 20 heavy (non-hydrogen) atoms. The van der Waals surface area contributed by atoms with Gasteiger partial charge in [-0.2, -0.15) is 0 Å². The molecule has 0 aliphatic heterocycles. The third-order valence-corrected chi connectivity index (χ3v) is 4.14. The lowest BCUT2D eigenvalue weighted by Crippen LogP contribution is -2.10.